The normalized spacial score (nSPS) is 23.7. The molecule has 2 aromatic rings. The highest BCUT2D eigenvalue weighted by Gasteiger charge is 2.38. The minimum Gasteiger partial charge on any atom is -0.444 e. The van der Waals surface area contributed by atoms with Crippen LogP contribution in [0.4, 0.5) is 9.18 Å². The fourth-order valence-electron chi connectivity index (χ4n) is 3.73. The summed E-state index contributed by atoms with van der Waals surface area (Å²) >= 11 is 6.00. The number of amides is 1. The number of aromatic nitrogens is 3. The molecule has 0 spiro atoms. The second-order valence-corrected chi connectivity index (χ2v) is 8.77. The largest absolute Gasteiger partial charge is 0.444 e. The number of carbonyl (C=O) groups excluding carboxylic acids is 1. The molecule has 2 atom stereocenters. The SMILES string of the molecule is CC(C)(C)OC(=O)N1CC[C@@H](n2c(C3CC3)cc3cnc(Cl)nc32)[C@@H](F)C1. The lowest BCUT2D eigenvalue weighted by molar-refractivity contribution is 0.00688. The van der Waals surface area contributed by atoms with E-state index in [2.05, 4.69) is 16.0 Å². The van der Waals surface area contributed by atoms with Crippen LogP contribution in [0.1, 0.15) is 57.7 Å². The van der Waals surface area contributed by atoms with Crippen LogP contribution in [0.5, 0.6) is 0 Å². The molecule has 27 heavy (non-hydrogen) atoms. The summed E-state index contributed by atoms with van der Waals surface area (Å²) < 4.78 is 22.6. The molecule has 1 amide bonds. The van der Waals surface area contributed by atoms with Gasteiger partial charge in [0.2, 0.25) is 5.28 Å². The van der Waals surface area contributed by atoms with E-state index < -0.39 is 17.9 Å². The van der Waals surface area contributed by atoms with Gasteiger partial charge in [-0.25, -0.2) is 14.2 Å². The van der Waals surface area contributed by atoms with Crippen LogP contribution in [0.15, 0.2) is 12.3 Å². The van der Waals surface area contributed by atoms with Crippen molar-refractivity contribution >= 4 is 28.7 Å². The van der Waals surface area contributed by atoms with Gasteiger partial charge in [0.15, 0.2) is 0 Å². The molecular formula is C19H24ClFN4O2. The Balaban J connectivity index is 1.61. The highest BCUT2D eigenvalue weighted by atomic mass is 35.5. The number of hydrogen-bond acceptors (Lipinski definition) is 4. The average molecular weight is 395 g/mol. The number of piperidine rings is 1. The van der Waals surface area contributed by atoms with E-state index in [-0.39, 0.29) is 17.9 Å². The Morgan fingerprint density at radius 2 is 2.07 bits per heavy atom. The van der Waals surface area contributed by atoms with Gasteiger partial charge in [-0.05, 0) is 63.6 Å². The third-order valence-corrected chi connectivity index (χ3v) is 5.24. The van der Waals surface area contributed by atoms with Gasteiger partial charge in [0.05, 0.1) is 12.6 Å². The van der Waals surface area contributed by atoms with Crippen molar-refractivity contribution in [3.8, 4) is 0 Å². The fraction of sp³-hybridized carbons (Fsp3) is 0.632. The fourth-order valence-corrected chi connectivity index (χ4v) is 3.85. The van der Waals surface area contributed by atoms with Crippen molar-refractivity contribution in [1.29, 1.82) is 0 Å². The van der Waals surface area contributed by atoms with E-state index in [0.717, 1.165) is 23.9 Å². The molecule has 1 aliphatic heterocycles. The summed E-state index contributed by atoms with van der Waals surface area (Å²) in [5, 5.41) is 1.04. The lowest BCUT2D eigenvalue weighted by atomic mass is 10.0. The maximum absolute atomic E-state index is 15.2. The molecule has 4 rings (SSSR count). The summed E-state index contributed by atoms with van der Waals surface area (Å²) in [5.74, 6) is 0.439. The second kappa shape index (κ2) is 6.62. The Morgan fingerprint density at radius 1 is 1.33 bits per heavy atom. The van der Waals surface area contributed by atoms with Gasteiger partial charge >= 0.3 is 6.09 Å². The molecule has 1 aliphatic carbocycles. The van der Waals surface area contributed by atoms with E-state index in [1.807, 2.05) is 25.3 Å². The summed E-state index contributed by atoms with van der Waals surface area (Å²) in [4.78, 5) is 22.2. The molecular weight excluding hydrogens is 371 g/mol. The third-order valence-electron chi connectivity index (χ3n) is 5.06. The molecule has 2 aromatic heterocycles. The topological polar surface area (TPSA) is 60.2 Å². The number of nitrogens with zero attached hydrogens (tertiary/aromatic N) is 4. The first-order chi connectivity index (χ1) is 12.7. The number of hydrogen-bond donors (Lipinski definition) is 0. The lowest BCUT2D eigenvalue weighted by Crippen LogP contribution is -2.47. The van der Waals surface area contributed by atoms with Crippen LogP contribution >= 0.6 is 11.6 Å². The predicted octanol–water partition coefficient (Wildman–Crippen LogP) is 4.48. The van der Waals surface area contributed by atoms with Gasteiger partial charge in [-0.3, -0.25) is 0 Å². The molecule has 146 valence electrons. The number of halogens is 2. The number of rotatable bonds is 2. The van der Waals surface area contributed by atoms with Crippen molar-refractivity contribution in [2.45, 2.75) is 63.8 Å². The Labute approximate surface area is 162 Å². The summed E-state index contributed by atoms with van der Waals surface area (Å²) in [5.41, 5.74) is 1.18. The summed E-state index contributed by atoms with van der Waals surface area (Å²) in [6, 6.07) is 1.68. The van der Waals surface area contributed by atoms with E-state index in [1.165, 1.54) is 4.90 Å². The molecule has 0 aromatic carbocycles. The van der Waals surface area contributed by atoms with Gasteiger partial charge in [-0.15, -0.1) is 0 Å². The maximum atomic E-state index is 15.2. The first-order valence-corrected chi connectivity index (χ1v) is 9.76. The van der Waals surface area contributed by atoms with Gasteiger partial charge in [0, 0.05) is 23.8 Å². The van der Waals surface area contributed by atoms with Gasteiger partial charge in [-0.2, -0.15) is 4.98 Å². The molecule has 8 heteroatoms. The van der Waals surface area contributed by atoms with Crippen LogP contribution in [0, 0.1) is 0 Å². The van der Waals surface area contributed by atoms with Crippen LogP contribution in [0.2, 0.25) is 5.28 Å². The quantitative estimate of drug-likeness (QED) is 0.704. The molecule has 1 saturated carbocycles. The molecule has 2 aliphatic rings. The summed E-state index contributed by atoms with van der Waals surface area (Å²) in [6.45, 7) is 5.89. The van der Waals surface area contributed by atoms with Gasteiger partial charge in [-0.1, -0.05) is 0 Å². The zero-order chi connectivity index (χ0) is 19.3. The van der Waals surface area contributed by atoms with Gasteiger partial charge in [0.1, 0.15) is 17.4 Å². The zero-order valence-electron chi connectivity index (χ0n) is 15.8. The molecule has 6 nitrogen and oxygen atoms in total. The van der Waals surface area contributed by atoms with E-state index in [9.17, 15) is 4.79 Å². The molecule has 3 heterocycles. The minimum atomic E-state index is -1.20. The van der Waals surface area contributed by atoms with E-state index in [0.29, 0.717) is 24.5 Å². The number of fused-ring (bicyclic) bond motifs is 1. The average Bonchev–Trinajstić information content (AvgIpc) is 3.35. The van der Waals surface area contributed by atoms with Crippen molar-refractivity contribution in [1.82, 2.24) is 19.4 Å². The summed E-state index contributed by atoms with van der Waals surface area (Å²) in [7, 11) is 0. The van der Waals surface area contributed by atoms with Crippen molar-refractivity contribution < 1.29 is 13.9 Å². The molecule has 0 unspecified atom stereocenters. The van der Waals surface area contributed by atoms with E-state index >= 15 is 4.39 Å². The third kappa shape index (κ3) is 3.74. The van der Waals surface area contributed by atoms with E-state index in [1.54, 1.807) is 6.20 Å². The maximum Gasteiger partial charge on any atom is 0.410 e. The Kier molecular flexibility index (Phi) is 4.53. The molecule has 0 bridgehead atoms. The lowest BCUT2D eigenvalue weighted by Gasteiger charge is -2.37. The van der Waals surface area contributed by atoms with Crippen LogP contribution < -0.4 is 0 Å². The molecule has 0 radical (unpaired) electrons. The van der Waals surface area contributed by atoms with Crippen LogP contribution in [-0.2, 0) is 4.74 Å². The number of likely N-dealkylation sites (tertiary alicyclic amines) is 1. The Hall–Kier alpha value is -1.89. The predicted molar refractivity (Wildman–Crippen MR) is 101 cm³/mol. The highest BCUT2D eigenvalue weighted by molar-refractivity contribution is 6.28. The Morgan fingerprint density at radius 3 is 2.70 bits per heavy atom. The highest BCUT2D eigenvalue weighted by Crippen LogP contribution is 2.44. The van der Waals surface area contributed by atoms with E-state index in [4.69, 9.17) is 16.3 Å². The summed E-state index contributed by atoms with van der Waals surface area (Å²) in [6.07, 6.45) is 2.74. The van der Waals surface area contributed by atoms with Gasteiger partial charge in [0.25, 0.3) is 0 Å². The Bertz CT molecular complexity index is 874. The van der Waals surface area contributed by atoms with Crippen molar-refractivity contribution in [3.63, 3.8) is 0 Å². The number of carbonyl (C=O) groups is 1. The monoisotopic (exact) mass is 394 g/mol. The van der Waals surface area contributed by atoms with Crippen molar-refractivity contribution in [2.75, 3.05) is 13.1 Å². The van der Waals surface area contributed by atoms with Gasteiger partial charge < -0.3 is 14.2 Å². The van der Waals surface area contributed by atoms with Crippen LogP contribution in [0.25, 0.3) is 11.0 Å². The molecule has 1 saturated heterocycles. The first-order valence-electron chi connectivity index (χ1n) is 9.38. The molecule has 0 N–H and O–H groups in total. The van der Waals surface area contributed by atoms with Crippen molar-refractivity contribution in [2.24, 2.45) is 0 Å². The number of alkyl halides is 1. The first kappa shape index (κ1) is 18.5. The standard InChI is InChI=1S/C19H24ClFN4O2/c1-19(2,3)27-18(26)24-7-6-14(13(21)10-24)25-15(11-4-5-11)8-12-9-22-17(20)23-16(12)25/h8-9,11,13-14H,4-7,10H2,1-3H3/t13-,14+/m0/s1. The second-order valence-electron chi connectivity index (χ2n) is 8.43. The number of ether oxygens (including phenoxy) is 1. The molecule has 2 fully saturated rings. The van der Waals surface area contributed by atoms with Crippen LogP contribution in [-0.4, -0.2) is 50.4 Å². The van der Waals surface area contributed by atoms with Crippen molar-refractivity contribution in [3.05, 3.63) is 23.2 Å². The van der Waals surface area contributed by atoms with Crippen LogP contribution in [0.3, 0.4) is 0 Å². The zero-order valence-corrected chi connectivity index (χ0v) is 16.5. The minimum absolute atomic E-state index is 0.0160. The smallest absolute Gasteiger partial charge is 0.410 e.